The van der Waals surface area contributed by atoms with Gasteiger partial charge in [0.2, 0.25) is 0 Å². The van der Waals surface area contributed by atoms with Crippen molar-refractivity contribution in [2.75, 3.05) is 11.1 Å². The number of nitrogens with zero attached hydrogens (tertiary/aromatic N) is 1. The zero-order chi connectivity index (χ0) is 12.6. The lowest BCUT2D eigenvalue weighted by molar-refractivity contribution is -0.384. The Hall–Kier alpha value is -1.78. The van der Waals surface area contributed by atoms with E-state index in [1.165, 1.54) is 25.0 Å². The van der Waals surface area contributed by atoms with E-state index in [4.69, 9.17) is 5.73 Å². The minimum Gasteiger partial charge on any atom is -0.398 e. The topological polar surface area (TPSA) is 81.2 Å². The van der Waals surface area contributed by atoms with Gasteiger partial charge in [-0.2, -0.15) is 0 Å². The quantitative estimate of drug-likeness (QED) is 0.477. The first-order valence-corrected chi connectivity index (χ1v) is 5.71. The molecule has 0 bridgehead atoms. The van der Waals surface area contributed by atoms with Crippen LogP contribution in [0.15, 0.2) is 18.2 Å². The number of nitrogens with one attached hydrogen (secondary N) is 1. The summed E-state index contributed by atoms with van der Waals surface area (Å²) >= 11 is 0. The molecule has 0 aromatic heterocycles. The van der Waals surface area contributed by atoms with Crippen molar-refractivity contribution in [3.05, 3.63) is 28.3 Å². The van der Waals surface area contributed by atoms with Crippen LogP contribution in [0.5, 0.6) is 0 Å². The molecule has 1 fully saturated rings. The van der Waals surface area contributed by atoms with Crippen LogP contribution in [0, 0.1) is 16.0 Å². The van der Waals surface area contributed by atoms with Crippen LogP contribution in [0.4, 0.5) is 17.1 Å². The molecule has 1 aromatic rings. The number of nitrogens with two attached hydrogens (primary N) is 1. The fourth-order valence-corrected chi connectivity index (χ4v) is 2.09. The van der Waals surface area contributed by atoms with E-state index in [9.17, 15) is 10.1 Å². The third-order valence-electron chi connectivity index (χ3n) is 3.22. The fraction of sp³-hybridized carbons (Fsp3) is 0.500. The number of benzene rings is 1. The highest BCUT2D eigenvalue weighted by Gasteiger charge is 2.37. The maximum absolute atomic E-state index is 10.7. The van der Waals surface area contributed by atoms with Crippen molar-refractivity contribution in [1.29, 1.82) is 0 Å². The maximum Gasteiger partial charge on any atom is 0.273 e. The fourth-order valence-electron chi connectivity index (χ4n) is 2.09. The number of nitro benzene ring substituents is 1. The Bertz CT molecular complexity index is 453. The maximum atomic E-state index is 10.7. The Morgan fingerprint density at radius 1 is 1.41 bits per heavy atom. The van der Waals surface area contributed by atoms with E-state index in [1.54, 1.807) is 6.07 Å². The summed E-state index contributed by atoms with van der Waals surface area (Å²) in [6, 6.07) is 4.63. The minimum atomic E-state index is -0.425. The molecule has 5 heteroatoms. The van der Waals surface area contributed by atoms with Gasteiger partial charge in [-0.1, -0.05) is 0 Å². The highest BCUT2D eigenvalue weighted by atomic mass is 16.6. The molecule has 17 heavy (non-hydrogen) atoms. The highest BCUT2D eigenvalue weighted by Crippen LogP contribution is 2.41. The van der Waals surface area contributed by atoms with Crippen molar-refractivity contribution in [2.45, 2.75) is 32.2 Å². The minimum absolute atomic E-state index is 0.0269. The van der Waals surface area contributed by atoms with Crippen LogP contribution >= 0.6 is 0 Å². The third-order valence-corrected chi connectivity index (χ3v) is 3.22. The number of non-ortho nitro benzene ring substituents is 1. The first-order chi connectivity index (χ1) is 7.88. The van der Waals surface area contributed by atoms with Gasteiger partial charge in [-0.05, 0) is 38.7 Å². The van der Waals surface area contributed by atoms with E-state index in [0.717, 1.165) is 0 Å². The summed E-state index contributed by atoms with van der Waals surface area (Å²) < 4.78 is 0. The lowest BCUT2D eigenvalue weighted by atomic mass is 9.98. The summed E-state index contributed by atoms with van der Waals surface area (Å²) in [6.45, 7) is 4.22. The zero-order valence-corrected chi connectivity index (χ0v) is 10.1. The molecule has 0 aliphatic heterocycles. The van der Waals surface area contributed by atoms with Crippen LogP contribution in [0.25, 0.3) is 0 Å². The first kappa shape index (κ1) is 11.7. The molecule has 0 heterocycles. The van der Waals surface area contributed by atoms with E-state index in [-0.39, 0.29) is 11.2 Å². The lowest BCUT2D eigenvalue weighted by Gasteiger charge is -2.27. The SMILES string of the molecule is CC(C)(Nc1cc(N)cc([N+](=O)[O-])c1)C1CC1. The van der Waals surface area contributed by atoms with Gasteiger partial charge < -0.3 is 11.1 Å². The van der Waals surface area contributed by atoms with Crippen LogP contribution < -0.4 is 11.1 Å². The highest BCUT2D eigenvalue weighted by molar-refractivity contribution is 5.62. The van der Waals surface area contributed by atoms with E-state index in [1.807, 2.05) is 0 Å². The lowest BCUT2D eigenvalue weighted by Crippen LogP contribution is -2.33. The summed E-state index contributed by atoms with van der Waals surface area (Å²) in [5.74, 6) is 0.642. The van der Waals surface area contributed by atoms with Gasteiger partial charge in [0.1, 0.15) is 0 Å². The molecule has 1 aliphatic carbocycles. The van der Waals surface area contributed by atoms with Gasteiger partial charge in [0, 0.05) is 29.0 Å². The number of nitrogen functional groups attached to an aromatic ring is 1. The molecule has 0 radical (unpaired) electrons. The average molecular weight is 235 g/mol. The van der Waals surface area contributed by atoms with E-state index in [0.29, 0.717) is 17.3 Å². The van der Waals surface area contributed by atoms with Gasteiger partial charge in [-0.3, -0.25) is 10.1 Å². The van der Waals surface area contributed by atoms with Crippen molar-refractivity contribution >= 4 is 17.1 Å². The predicted octanol–water partition coefficient (Wildman–Crippen LogP) is 2.78. The molecule has 0 spiro atoms. The molecule has 1 aliphatic rings. The molecule has 3 N–H and O–H groups in total. The largest absolute Gasteiger partial charge is 0.398 e. The van der Waals surface area contributed by atoms with Crippen LogP contribution in [0.1, 0.15) is 26.7 Å². The Labute approximate surface area is 100 Å². The average Bonchev–Trinajstić information content (AvgIpc) is 2.98. The van der Waals surface area contributed by atoms with E-state index < -0.39 is 4.92 Å². The van der Waals surface area contributed by atoms with E-state index in [2.05, 4.69) is 19.2 Å². The third kappa shape index (κ3) is 2.67. The summed E-state index contributed by atoms with van der Waals surface area (Å²) in [7, 11) is 0. The van der Waals surface area contributed by atoms with Crippen molar-refractivity contribution in [3.8, 4) is 0 Å². The van der Waals surface area contributed by atoms with Crippen LogP contribution in [-0.4, -0.2) is 10.5 Å². The Morgan fingerprint density at radius 3 is 2.59 bits per heavy atom. The molecule has 0 unspecified atom stereocenters. The molecule has 92 valence electrons. The second-order valence-electron chi connectivity index (χ2n) is 5.19. The predicted molar refractivity (Wildman–Crippen MR) is 67.9 cm³/mol. The summed E-state index contributed by atoms with van der Waals surface area (Å²) in [4.78, 5) is 10.3. The van der Waals surface area contributed by atoms with Crippen molar-refractivity contribution < 1.29 is 4.92 Å². The standard InChI is InChI=1S/C12H17N3O2/c1-12(2,8-3-4-8)14-10-5-9(13)6-11(7-10)15(16)17/h5-8,14H,3-4,13H2,1-2H3. The molecule has 0 saturated heterocycles. The van der Waals surface area contributed by atoms with Crippen molar-refractivity contribution in [3.63, 3.8) is 0 Å². The van der Waals surface area contributed by atoms with Crippen LogP contribution in [0.2, 0.25) is 0 Å². The summed E-state index contributed by atoms with van der Waals surface area (Å²) in [5, 5.41) is 14.1. The summed E-state index contributed by atoms with van der Waals surface area (Å²) in [6.07, 6.45) is 2.43. The van der Waals surface area contributed by atoms with Gasteiger partial charge in [-0.25, -0.2) is 0 Å². The van der Waals surface area contributed by atoms with Crippen LogP contribution in [-0.2, 0) is 0 Å². The van der Waals surface area contributed by atoms with Crippen LogP contribution in [0.3, 0.4) is 0 Å². The molecule has 1 aromatic carbocycles. The van der Waals surface area contributed by atoms with Gasteiger partial charge in [0.15, 0.2) is 0 Å². The molecular formula is C12H17N3O2. The zero-order valence-electron chi connectivity index (χ0n) is 10.1. The monoisotopic (exact) mass is 235 g/mol. The van der Waals surface area contributed by atoms with Crippen molar-refractivity contribution in [1.82, 2.24) is 0 Å². The molecule has 5 nitrogen and oxygen atoms in total. The smallest absolute Gasteiger partial charge is 0.273 e. The number of rotatable bonds is 4. The molecular weight excluding hydrogens is 218 g/mol. The molecule has 0 atom stereocenters. The first-order valence-electron chi connectivity index (χ1n) is 5.71. The number of anilines is 2. The number of hydrogen-bond acceptors (Lipinski definition) is 4. The van der Waals surface area contributed by atoms with Gasteiger partial charge in [-0.15, -0.1) is 0 Å². The number of nitro groups is 1. The van der Waals surface area contributed by atoms with Gasteiger partial charge >= 0.3 is 0 Å². The Morgan fingerprint density at radius 2 is 2.06 bits per heavy atom. The Kier molecular flexibility index (Phi) is 2.69. The van der Waals surface area contributed by atoms with Gasteiger partial charge in [0.05, 0.1) is 4.92 Å². The Balaban J connectivity index is 2.23. The van der Waals surface area contributed by atoms with Gasteiger partial charge in [0.25, 0.3) is 5.69 Å². The summed E-state index contributed by atoms with van der Waals surface area (Å²) in [5.41, 5.74) is 6.78. The molecule has 0 amide bonds. The second kappa shape index (κ2) is 3.91. The van der Waals surface area contributed by atoms with E-state index >= 15 is 0 Å². The number of hydrogen-bond donors (Lipinski definition) is 2. The van der Waals surface area contributed by atoms with Crippen molar-refractivity contribution in [2.24, 2.45) is 5.92 Å². The molecule has 2 rings (SSSR count). The second-order valence-corrected chi connectivity index (χ2v) is 5.19. The normalized spacial score (nSPS) is 15.6. The molecule has 1 saturated carbocycles.